The molecular weight excluding hydrogens is 1470 g/mol. The van der Waals surface area contributed by atoms with Gasteiger partial charge < -0.3 is 70.4 Å². The average Bonchev–Trinajstić information content (AvgIpc) is 1.05. The molecule has 6 N–H and O–H groups in total. The minimum atomic E-state index is -0.331. The summed E-state index contributed by atoms with van der Waals surface area (Å²) in [5, 5.41) is 25.4. The Morgan fingerprint density at radius 2 is 0.892 bits per heavy atom. The normalized spacial score (nSPS) is 15.9. The summed E-state index contributed by atoms with van der Waals surface area (Å²) >= 11 is 3.84. The van der Waals surface area contributed by atoms with Crippen LogP contribution in [0.4, 0.5) is 49.5 Å². The molecule has 9 aromatic rings. The Morgan fingerprint density at radius 1 is 0.486 bits per heavy atom. The van der Waals surface area contributed by atoms with E-state index in [0.717, 1.165) is 157 Å². The molecule has 7 aliphatic heterocycles. The van der Waals surface area contributed by atoms with Crippen LogP contribution in [0.5, 0.6) is 17.2 Å². The van der Waals surface area contributed by atoms with Crippen molar-refractivity contribution in [3.05, 3.63) is 177 Å². The molecule has 7 aliphatic rings. The standard InChI is InChI=1S/C27H31N7O4S.C25H29N7O3S.C23H24N6O3S.3CH4/c35-25(30-22-16-29-4-3-24(22)33-7-5-28-6-8-33)23-18-39-27(31-23)34-17-19-1-2-20(15-21(19)26(34)36)38-14-11-32-9-12-37-13-10-32;1-30(2)11-12-35-18-4-3-17-15-32(24(34)19(17)13-18)25-29-21(16-36-25)23(33)28-20-14-27-6-5-22(20)31-9-7-26-8-10-31;1-32-16-2-3-17-15(12-16)5-9-29(22(17)31)23-27-19(14-33-23)21(30)26-18-13-25-6-4-20(18)28-10-7-24-8-11-28;;;/h1-4,15-16,18,28H,5-14,17H2,(H,30,35);3-6,13-14,16,26H,7-12,15H2,1-2H3,(H,28,33);2-4,6,12-14,24H,5,7-11H2,1H3,(H,26,30);3*1H4. The lowest BCUT2D eigenvalue weighted by Crippen LogP contribution is -2.43. The Balaban J connectivity index is 0.000000163. The van der Waals surface area contributed by atoms with Crippen molar-refractivity contribution in [3.63, 3.8) is 0 Å². The number of amides is 6. The van der Waals surface area contributed by atoms with Crippen LogP contribution in [0.15, 0.2) is 126 Å². The number of aromatic nitrogens is 6. The van der Waals surface area contributed by atoms with E-state index in [9.17, 15) is 28.8 Å². The lowest BCUT2D eigenvalue weighted by atomic mass is 9.99. The predicted molar refractivity (Wildman–Crippen MR) is 437 cm³/mol. The number of carbonyl (C=O) groups is 6. The van der Waals surface area contributed by atoms with Gasteiger partial charge in [-0.3, -0.25) is 63.3 Å². The van der Waals surface area contributed by atoms with E-state index in [2.05, 4.69) is 81.4 Å². The van der Waals surface area contributed by atoms with Crippen LogP contribution in [-0.4, -0.2) is 234 Å². The van der Waals surface area contributed by atoms with Gasteiger partial charge in [0.2, 0.25) is 0 Å². The number of fused-ring (bicyclic) bond motifs is 3. The fraction of sp³-hybridized carbons (Fsp3) is 0.385. The van der Waals surface area contributed by atoms with Gasteiger partial charge in [0.15, 0.2) is 15.4 Å². The number of methoxy groups -OCH3 is 1. The maximum absolute atomic E-state index is 13.3. The van der Waals surface area contributed by atoms with Crippen LogP contribution in [0.25, 0.3) is 0 Å². The van der Waals surface area contributed by atoms with Crippen LogP contribution in [0.2, 0.25) is 0 Å². The SMILES string of the molecule is C.C.C.CN(C)CCOc1ccc2c(c1)C(=O)N(c1nc(C(=O)Nc3cnccc3N3CCNCC3)cs1)C2.COc1ccc2c(c1)CCN(c1nc(C(=O)Nc3cnccc3N3CCNCC3)cs1)C2=O.O=C(Nc1cnccc1N1CCNCC1)c1csc(N2Cc3ccc(OCCN4CCOCC4)cc3C2=O)n1. The number of rotatable bonds is 21. The molecule has 111 heavy (non-hydrogen) atoms. The number of hydrogen-bond acceptors (Lipinski definition) is 27. The second kappa shape index (κ2) is 38.3. The van der Waals surface area contributed by atoms with Gasteiger partial charge in [-0.2, -0.15) is 0 Å². The summed E-state index contributed by atoms with van der Waals surface area (Å²) in [6, 6.07) is 22.4. The summed E-state index contributed by atoms with van der Waals surface area (Å²) in [4.78, 5) is 120. The van der Waals surface area contributed by atoms with Crippen molar-refractivity contribution in [3.8, 4) is 17.2 Å². The first kappa shape index (κ1) is 81.4. The number of pyridine rings is 3. The molecule has 6 aromatic heterocycles. The second-order valence-corrected chi connectivity index (χ2v) is 28.9. The van der Waals surface area contributed by atoms with Gasteiger partial charge in [-0.15, -0.1) is 34.0 Å². The highest BCUT2D eigenvalue weighted by molar-refractivity contribution is 7.14. The van der Waals surface area contributed by atoms with Crippen LogP contribution in [-0.2, 0) is 24.2 Å². The fourth-order valence-electron chi connectivity index (χ4n) is 13.3. The van der Waals surface area contributed by atoms with Gasteiger partial charge in [0.25, 0.3) is 35.4 Å². The number of nitrogens with one attached hydrogen (secondary N) is 6. The monoisotopic (exact) mass is 1570 g/mol. The average molecular weight is 1570 g/mol. The Kier molecular flexibility index (Phi) is 28.1. The van der Waals surface area contributed by atoms with Crippen molar-refractivity contribution in [2.45, 2.75) is 41.8 Å². The van der Waals surface area contributed by atoms with Crippen molar-refractivity contribution < 1.29 is 47.7 Å². The summed E-state index contributed by atoms with van der Waals surface area (Å²) in [5.74, 6) is 0.694. The topological polar surface area (TPSA) is 315 Å². The van der Waals surface area contributed by atoms with Crippen molar-refractivity contribution in [1.82, 2.24) is 55.7 Å². The molecule has 586 valence electrons. The molecule has 0 atom stereocenters. The van der Waals surface area contributed by atoms with Crippen LogP contribution in [0.3, 0.4) is 0 Å². The van der Waals surface area contributed by atoms with Gasteiger partial charge in [-0.05, 0) is 97.9 Å². The van der Waals surface area contributed by atoms with E-state index in [1.54, 1.807) is 99.4 Å². The molecule has 0 aliphatic carbocycles. The van der Waals surface area contributed by atoms with Gasteiger partial charge in [0.1, 0.15) is 47.5 Å². The van der Waals surface area contributed by atoms with Crippen molar-refractivity contribution >= 4 is 119 Å². The maximum atomic E-state index is 13.3. The molecule has 0 bridgehead atoms. The van der Waals surface area contributed by atoms with E-state index in [0.29, 0.717) is 99.9 Å². The number of nitrogens with zero attached hydrogens (tertiary/aromatic N) is 14. The Bertz CT molecular complexity index is 4710. The van der Waals surface area contributed by atoms with Crippen LogP contribution in [0, 0.1) is 0 Å². The molecule has 0 spiro atoms. The predicted octanol–water partition coefficient (Wildman–Crippen LogP) is 8.69. The lowest BCUT2D eigenvalue weighted by molar-refractivity contribution is 0.0322. The Labute approximate surface area is 658 Å². The minimum Gasteiger partial charge on any atom is -0.497 e. The number of piperazine rings is 3. The first-order valence-electron chi connectivity index (χ1n) is 35.9. The number of thiazole rings is 3. The molecule has 4 fully saturated rings. The molecular formula is C78H96N20O10S3. The number of hydrogen-bond donors (Lipinski definition) is 6. The highest BCUT2D eigenvalue weighted by atomic mass is 32.1. The zero-order valence-corrected chi connectivity index (χ0v) is 62.6. The van der Waals surface area contributed by atoms with E-state index >= 15 is 0 Å². The molecule has 3 aromatic carbocycles. The fourth-order valence-corrected chi connectivity index (χ4v) is 15.8. The lowest BCUT2D eigenvalue weighted by Gasteiger charge is -2.30. The number of morpholine rings is 1. The Morgan fingerprint density at radius 3 is 1.32 bits per heavy atom. The van der Waals surface area contributed by atoms with E-state index in [4.69, 9.17) is 18.9 Å². The van der Waals surface area contributed by atoms with Crippen LogP contribution >= 0.6 is 34.0 Å². The number of benzene rings is 3. The van der Waals surface area contributed by atoms with Crippen molar-refractivity contribution in [2.24, 2.45) is 0 Å². The van der Waals surface area contributed by atoms with Crippen LogP contribution in [0.1, 0.15) is 102 Å². The van der Waals surface area contributed by atoms with Gasteiger partial charge in [-0.1, -0.05) is 34.4 Å². The zero-order chi connectivity index (χ0) is 74.5. The van der Waals surface area contributed by atoms with Gasteiger partial charge in [-0.25, -0.2) is 15.0 Å². The summed E-state index contributed by atoms with van der Waals surface area (Å²) in [7, 11) is 5.58. The number of likely N-dealkylation sites (N-methyl/N-ethyl adjacent to an activating group) is 1. The van der Waals surface area contributed by atoms with Gasteiger partial charge >= 0.3 is 0 Å². The molecule has 0 saturated carbocycles. The van der Waals surface area contributed by atoms with Gasteiger partial charge in [0.05, 0.1) is 86.1 Å². The van der Waals surface area contributed by atoms with E-state index in [1.165, 1.54) is 34.0 Å². The highest BCUT2D eigenvalue weighted by Gasteiger charge is 2.35. The number of ether oxygens (including phenoxy) is 4. The van der Waals surface area contributed by atoms with E-state index in [-0.39, 0.29) is 74.8 Å². The molecule has 30 nitrogen and oxygen atoms in total. The highest BCUT2D eigenvalue weighted by Crippen LogP contribution is 2.37. The molecule has 0 unspecified atom stereocenters. The quantitative estimate of drug-likeness (QED) is 0.0392. The molecule has 6 amide bonds. The van der Waals surface area contributed by atoms with Gasteiger partial charge in [0, 0.05) is 163 Å². The third kappa shape index (κ3) is 19.6. The third-order valence-electron chi connectivity index (χ3n) is 19.1. The molecule has 0 radical (unpaired) electrons. The molecule has 16 rings (SSSR count). The Hall–Kier alpha value is -10.6. The zero-order valence-electron chi connectivity index (χ0n) is 60.2. The number of anilines is 9. The van der Waals surface area contributed by atoms with Crippen LogP contribution < -0.4 is 75.5 Å². The molecule has 4 saturated heterocycles. The number of carbonyl (C=O) groups excluding carboxylic acids is 6. The first-order chi connectivity index (χ1) is 52.8. The van der Waals surface area contributed by atoms with Crippen molar-refractivity contribution in [2.75, 3.05) is 204 Å². The smallest absolute Gasteiger partial charge is 0.275 e. The summed E-state index contributed by atoms with van der Waals surface area (Å²) in [6.07, 6.45) is 10.8. The second-order valence-electron chi connectivity index (χ2n) is 26.4. The van der Waals surface area contributed by atoms with Crippen molar-refractivity contribution in [1.29, 1.82) is 0 Å². The summed E-state index contributed by atoms with van der Waals surface area (Å²) in [6.45, 7) is 17.8. The first-order valence-corrected chi connectivity index (χ1v) is 38.5. The third-order valence-corrected chi connectivity index (χ3v) is 21.7. The summed E-state index contributed by atoms with van der Waals surface area (Å²) in [5.41, 5.74) is 10.2. The molecule has 13 heterocycles. The van der Waals surface area contributed by atoms with E-state index < -0.39 is 0 Å². The summed E-state index contributed by atoms with van der Waals surface area (Å²) < 4.78 is 22.4. The largest absolute Gasteiger partial charge is 0.497 e. The maximum Gasteiger partial charge on any atom is 0.275 e. The van der Waals surface area contributed by atoms with E-state index in [1.807, 2.05) is 67.5 Å². The minimum absolute atomic E-state index is 0. The molecule has 33 heteroatoms.